The predicted molar refractivity (Wildman–Crippen MR) is 64.9 cm³/mol. The van der Waals surface area contributed by atoms with Crippen molar-refractivity contribution in [2.75, 3.05) is 6.54 Å². The number of hydrogen-bond donors (Lipinski definition) is 1. The summed E-state index contributed by atoms with van der Waals surface area (Å²) < 4.78 is 0. The highest BCUT2D eigenvalue weighted by Crippen LogP contribution is 2.34. The van der Waals surface area contributed by atoms with Crippen LogP contribution in [0.2, 0.25) is 0 Å². The van der Waals surface area contributed by atoms with Crippen molar-refractivity contribution in [3.63, 3.8) is 0 Å². The Morgan fingerprint density at radius 2 is 2.12 bits per heavy atom. The van der Waals surface area contributed by atoms with Gasteiger partial charge in [-0.25, -0.2) is 0 Å². The third kappa shape index (κ3) is 1.97. The van der Waals surface area contributed by atoms with Crippen molar-refractivity contribution in [1.82, 2.24) is 10.2 Å². The second-order valence-electron chi connectivity index (χ2n) is 5.92. The van der Waals surface area contributed by atoms with E-state index in [0.29, 0.717) is 11.8 Å². The van der Waals surface area contributed by atoms with Crippen molar-refractivity contribution in [3.05, 3.63) is 0 Å². The first-order valence-corrected chi connectivity index (χ1v) is 6.56. The Morgan fingerprint density at radius 1 is 1.50 bits per heavy atom. The first-order valence-electron chi connectivity index (χ1n) is 6.56. The molecule has 1 saturated carbocycles. The molecule has 0 bridgehead atoms. The van der Waals surface area contributed by atoms with E-state index in [4.69, 9.17) is 0 Å². The minimum absolute atomic E-state index is 0.234. The summed E-state index contributed by atoms with van der Waals surface area (Å²) in [4.78, 5) is 14.5. The van der Waals surface area contributed by atoms with Crippen molar-refractivity contribution < 1.29 is 4.79 Å². The van der Waals surface area contributed by atoms with Crippen LogP contribution in [0, 0.1) is 11.8 Å². The number of hydrogen-bond acceptors (Lipinski definition) is 2. The number of rotatable bonds is 4. The van der Waals surface area contributed by atoms with Gasteiger partial charge in [0.05, 0.1) is 11.7 Å². The minimum Gasteiger partial charge on any atom is -0.325 e. The van der Waals surface area contributed by atoms with Gasteiger partial charge in [0.2, 0.25) is 5.91 Å². The van der Waals surface area contributed by atoms with E-state index >= 15 is 0 Å². The molecule has 0 aromatic heterocycles. The summed E-state index contributed by atoms with van der Waals surface area (Å²) in [7, 11) is 0. The van der Waals surface area contributed by atoms with Crippen LogP contribution in [0.5, 0.6) is 0 Å². The number of nitrogens with one attached hydrogen (secondary N) is 1. The monoisotopic (exact) mass is 224 g/mol. The molecule has 16 heavy (non-hydrogen) atoms. The molecule has 1 aliphatic carbocycles. The molecule has 2 fully saturated rings. The second-order valence-corrected chi connectivity index (χ2v) is 5.92. The molecule has 2 aliphatic rings. The average molecular weight is 224 g/mol. The molecule has 2 atom stereocenters. The molecule has 0 aromatic rings. The molecule has 0 spiro atoms. The van der Waals surface area contributed by atoms with Crippen molar-refractivity contribution >= 4 is 5.91 Å². The van der Waals surface area contributed by atoms with Gasteiger partial charge < -0.3 is 4.90 Å². The lowest BCUT2D eigenvalue weighted by Crippen LogP contribution is -2.45. The quantitative estimate of drug-likeness (QED) is 0.792. The second kappa shape index (κ2) is 4.02. The van der Waals surface area contributed by atoms with Crippen LogP contribution >= 0.6 is 0 Å². The van der Waals surface area contributed by atoms with Gasteiger partial charge in [0.25, 0.3) is 0 Å². The van der Waals surface area contributed by atoms with Crippen LogP contribution in [0.4, 0.5) is 0 Å². The highest BCUT2D eigenvalue weighted by atomic mass is 16.2. The van der Waals surface area contributed by atoms with Crippen LogP contribution in [-0.4, -0.2) is 29.1 Å². The molecular weight excluding hydrogens is 200 g/mol. The number of amides is 1. The Morgan fingerprint density at radius 3 is 2.56 bits per heavy atom. The number of nitrogens with zero attached hydrogens (tertiary/aromatic N) is 1. The largest absolute Gasteiger partial charge is 0.325 e. The third-order valence-electron chi connectivity index (χ3n) is 4.03. The van der Waals surface area contributed by atoms with E-state index in [0.717, 1.165) is 18.9 Å². The molecule has 1 amide bonds. The molecule has 1 aliphatic heterocycles. The fourth-order valence-electron chi connectivity index (χ4n) is 2.46. The molecule has 2 rings (SSSR count). The Bertz CT molecular complexity index is 286. The average Bonchev–Trinajstić information content (AvgIpc) is 3.01. The van der Waals surface area contributed by atoms with Crippen LogP contribution < -0.4 is 5.32 Å². The Labute approximate surface area is 98.6 Å². The lowest BCUT2D eigenvalue weighted by atomic mass is 9.99. The molecule has 1 N–H and O–H groups in total. The fourth-order valence-corrected chi connectivity index (χ4v) is 2.46. The summed E-state index contributed by atoms with van der Waals surface area (Å²) in [5.74, 6) is 1.56. The third-order valence-corrected chi connectivity index (χ3v) is 4.03. The topological polar surface area (TPSA) is 32.3 Å². The Kier molecular flexibility index (Phi) is 2.99. The van der Waals surface area contributed by atoms with Gasteiger partial charge in [-0.15, -0.1) is 0 Å². The molecule has 3 heteroatoms. The zero-order valence-electron chi connectivity index (χ0n) is 10.9. The summed E-state index contributed by atoms with van der Waals surface area (Å²) in [5, 5.41) is 3.53. The van der Waals surface area contributed by atoms with E-state index in [1.165, 1.54) is 12.8 Å². The van der Waals surface area contributed by atoms with Gasteiger partial charge in [0, 0.05) is 6.54 Å². The number of carbonyl (C=O) groups excluding carboxylic acids is 1. The van der Waals surface area contributed by atoms with E-state index in [2.05, 4.69) is 31.0 Å². The minimum atomic E-state index is -0.330. The molecule has 1 heterocycles. The van der Waals surface area contributed by atoms with Crippen LogP contribution in [-0.2, 0) is 4.79 Å². The maximum Gasteiger partial charge on any atom is 0.243 e. The summed E-state index contributed by atoms with van der Waals surface area (Å²) in [5.41, 5.74) is -0.330. The van der Waals surface area contributed by atoms with Crippen LogP contribution in [0.1, 0.15) is 47.0 Å². The zero-order chi connectivity index (χ0) is 11.9. The Hall–Kier alpha value is -0.570. The summed E-state index contributed by atoms with van der Waals surface area (Å²) in [6.45, 7) is 9.46. The van der Waals surface area contributed by atoms with Crippen molar-refractivity contribution in [1.29, 1.82) is 0 Å². The Balaban J connectivity index is 2.14. The van der Waals surface area contributed by atoms with E-state index in [1.54, 1.807) is 0 Å². The van der Waals surface area contributed by atoms with Crippen molar-refractivity contribution in [2.24, 2.45) is 11.8 Å². The lowest BCUT2D eigenvalue weighted by molar-refractivity contribution is -0.133. The zero-order valence-corrected chi connectivity index (χ0v) is 10.9. The molecule has 0 aromatic carbocycles. The van der Waals surface area contributed by atoms with Gasteiger partial charge in [-0.1, -0.05) is 20.8 Å². The normalized spacial score (nSPS) is 35.2. The molecule has 3 nitrogen and oxygen atoms in total. The molecule has 0 radical (unpaired) electrons. The standard InChI is InChI=1S/C13H24N2O/c1-5-13(4)12(16)15(8-10-6-7-10)11(14-13)9(2)3/h9-11,14H,5-8H2,1-4H3. The van der Waals surface area contributed by atoms with Crippen LogP contribution in [0.15, 0.2) is 0 Å². The maximum atomic E-state index is 12.4. The SMILES string of the molecule is CCC1(C)NC(C(C)C)N(CC2CC2)C1=O. The number of carbonyl (C=O) groups is 1. The smallest absolute Gasteiger partial charge is 0.243 e. The highest BCUT2D eigenvalue weighted by Gasteiger charge is 2.48. The summed E-state index contributed by atoms with van der Waals surface area (Å²) in [6, 6.07) is 0. The first kappa shape index (κ1) is 11.9. The fraction of sp³-hybridized carbons (Fsp3) is 0.923. The van der Waals surface area contributed by atoms with E-state index in [-0.39, 0.29) is 11.7 Å². The molecule has 2 unspecified atom stereocenters. The summed E-state index contributed by atoms with van der Waals surface area (Å²) >= 11 is 0. The molecule has 1 saturated heterocycles. The lowest BCUT2D eigenvalue weighted by Gasteiger charge is -2.27. The van der Waals surface area contributed by atoms with E-state index < -0.39 is 0 Å². The molecule has 92 valence electrons. The van der Waals surface area contributed by atoms with Gasteiger partial charge in [0.15, 0.2) is 0 Å². The molecular formula is C13H24N2O. The van der Waals surface area contributed by atoms with Gasteiger partial charge in [-0.3, -0.25) is 10.1 Å². The first-order chi connectivity index (χ1) is 7.48. The van der Waals surface area contributed by atoms with Gasteiger partial charge in [-0.05, 0) is 38.0 Å². The predicted octanol–water partition coefficient (Wildman–Crippen LogP) is 1.98. The van der Waals surface area contributed by atoms with Crippen LogP contribution in [0.25, 0.3) is 0 Å². The maximum absolute atomic E-state index is 12.4. The van der Waals surface area contributed by atoms with Crippen LogP contribution in [0.3, 0.4) is 0 Å². The van der Waals surface area contributed by atoms with Crippen molar-refractivity contribution in [2.45, 2.75) is 58.7 Å². The van der Waals surface area contributed by atoms with Gasteiger partial charge in [0.1, 0.15) is 0 Å². The summed E-state index contributed by atoms with van der Waals surface area (Å²) in [6.07, 6.45) is 3.71. The van der Waals surface area contributed by atoms with Gasteiger partial charge >= 0.3 is 0 Å². The highest BCUT2D eigenvalue weighted by molar-refractivity contribution is 5.88. The van der Waals surface area contributed by atoms with E-state index in [1.807, 2.05) is 6.92 Å². The van der Waals surface area contributed by atoms with Gasteiger partial charge in [-0.2, -0.15) is 0 Å². The van der Waals surface area contributed by atoms with Crippen molar-refractivity contribution in [3.8, 4) is 0 Å². The van der Waals surface area contributed by atoms with E-state index in [9.17, 15) is 4.79 Å².